The van der Waals surface area contributed by atoms with E-state index in [1.807, 2.05) is 42.5 Å². The van der Waals surface area contributed by atoms with Crippen LogP contribution in [0.5, 0.6) is 11.5 Å². The first-order valence-electron chi connectivity index (χ1n) is 12.1. The van der Waals surface area contributed by atoms with Gasteiger partial charge in [-0.25, -0.2) is 0 Å². The van der Waals surface area contributed by atoms with Crippen LogP contribution >= 0.6 is 0 Å². The molecule has 0 heterocycles. The van der Waals surface area contributed by atoms with E-state index in [1.165, 1.54) is 18.4 Å². The van der Waals surface area contributed by atoms with Crippen molar-refractivity contribution in [3.8, 4) is 11.5 Å². The highest BCUT2D eigenvalue weighted by Crippen LogP contribution is 2.41. The van der Waals surface area contributed by atoms with Crippen LogP contribution in [-0.4, -0.2) is 23.4 Å². The zero-order valence-corrected chi connectivity index (χ0v) is 19.4. The van der Waals surface area contributed by atoms with Crippen LogP contribution in [0.1, 0.15) is 55.7 Å². The number of aliphatic hydroxyl groups excluding tert-OH is 1. The highest BCUT2D eigenvalue weighted by Gasteiger charge is 2.31. The summed E-state index contributed by atoms with van der Waals surface area (Å²) in [7, 11) is 0. The van der Waals surface area contributed by atoms with E-state index >= 15 is 0 Å². The lowest BCUT2D eigenvalue weighted by molar-refractivity contribution is 0.290. The van der Waals surface area contributed by atoms with E-state index in [1.54, 1.807) is 12.1 Å². The van der Waals surface area contributed by atoms with Crippen LogP contribution in [0.3, 0.4) is 0 Å². The molecule has 3 nitrogen and oxygen atoms in total. The Hall–Kier alpha value is -3.04. The average molecular weight is 443 g/mol. The first-order chi connectivity index (χ1) is 16.2. The van der Waals surface area contributed by atoms with Gasteiger partial charge < -0.3 is 14.9 Å². The molecule has 3 heteroatoms. The number of benzene rings is 3. The van der Waals surface area contributed by atoms with Crippen LogP contribution < -0.4 is 4.74 Å². The summed E-state index contributed by atoms with van der Waals surface area (Å²) in [6, 6.07) is 26.0. The van der Waals surface area contributed by atoms with E-state index in [9.17, 15) is 10.2 Å². The molecule has 3 aromatic rings. The van der Waals surface area contributed by atoms with Gasteiger partial charge in [-0.2, -0.15) is 0 Å². The van der Waals surface area contributed by atoms with Gasteiger partial charge in [-0.1, -0.05) is 61.5 Å². The Morgan fingerprint density at radius 2 is 1.48 bits per heavy atom. The second-order valence-corrected chi connectivity index (χ2v) is 9.08. The highest BCUT2D eigenvalue weighted by molar-refractivity contribution is 5.98. The molecule has 0 amide bonds. The van der Waals surface area contributed by atoms with Gasteiger partial charge >= 0.3 is 0 Å². The molecule has 1 aliphatic carbocycles. The van der Waals surface area contributed by atoms with E-state index in [-0.39, 0.29) is 12.4 Å². The van der Waals surface area contributed by atoms with Crippen molar-refractivity contribution in [1.29, 1.82) is 0 Å². The summed E-state index contributed by atoms with van der Waals surface area (Å²) in [5, 5.41) is 19.4. The first kappa shape index (κ1) is 23.1. The maximum absolute atomic E-state index is 9.83. The second kappa shape index (κ2) is 11.2. The predicted octanol–water partition coefficient (Wildman–Crippen LogP) is 6.94. The molecule has 0 spiro atoms. The summed E-state index contributed by atoms with van der Waals surface area (Å²) in [5.74, 6) is 2.95. The van der Waals surface area contributed by atoms with Crippen molar-refractivity contribution in [3.05, 3.63) is 95.6 Å². The maximum atomic E-state index is 9.83. The van der Waals surface area contributed by atoms with Crippen LogP contribution in [0.4, 0.5) is 0 Å². The molecule has 2 atom stereocenters. The SMILES string of the molecule is CC1C[C@@H]1CCCOc1ccc(/C(=C(/CCCO)c2ccccc2)c2ccc(O)cc2)cc1. The Bertz CT molecular complexity index is 1040. The van der Waals surface area contributed by atoms with Crippen molar-refractivity contribution in [2.24, 2.45) is 11.8 Å². The van der Waals surface area contributed by atoms with Crippen LogP contribution in [0.2, 0.25) is 0 Å². The summed E-state index contributed by atoms with van der Waals surface area (Å²) in [4.78, 5) is 0. The predicted molar refractivity (Wildman–Crippen MR) is 135 cm³/mol. The van der Waals surface area contributed by atoms with E-state index in [4.69, 9.17) is 4.74 Å². The van der Waals surface area contributed by atoms with Crippen molar-refractivity contribution in [2.75, 3.05) is 13.2 Å². The minimum Gasteiger partial charge on any atom is -0.508 e. The maximum Gasteiger partial charge on any atom is 0.119 e. The Morgan fingerprint density at radius 1 is 0.848 bits per heavy atom. The number of aromatic hydroxyl groups is 1. The molecule has 0 aromatic heterocycles. The van der Waals surface area contributed by atoms with Crippen molar-refractivity contribution in [1.82, 2.24) is 0 Å². The second-order valence-electron chi connectivity index (χ2n) is 9.08. The monoisotopic (exact) mass is 442 g/mol. The molecule has 0 saturated heterocycles. The topological polar surface area (TPSA) is 49.7 Å². The van der Waals surface area contributed by atoms with Crippen molar-refractivity contribution < 1.29 is 14.9 Å². The van der Waals surface area contributed by atoms with Crippen molar-refractivity contribution >= 4 is 11.1 Å². The Kier molecular flexibility index (Phi) is 7.85. The molecule has 2 N–H and O–H groups in total. The lowest BCUT2D eigenvalue weighted by Gasteiger charge is -2.18. The molecule has 1 aliphatic rings. The average Bonchev–Trinajstić information content (AvgIpc) is 3.56. The molecular formula is C30H34O3. The fourth-order valence-electron chi connectivity index (χ4n) is 4.51. The number of rotatable bonds is 11. The van der Waals surface area contributed by atoms with Gasteiger partial charge in [-0.15, -0.1) is 0 Å². The summed E-state index contributed by atoms with van der Waals surface area (Å²) >= 11 is 0. The highest BCUT2D eigenvalue weighted by atomic mass is 16.5. The minimum atomic E-state index is 0.144. The molecule has 0 radical (unpaired) electrons. The van der Waals surface area contributed by atoms with Crippen LogP contribution in [0, 0.1) is 11.8 Å². The zero-order valence-electron chi connectivity index (χ0n) is 19.4. The number of allylic oxidation sites excluding steroid dienone is 1. The standard InChI is InChI=1S/C30H34O3/c1-22-21-26(22)9-6-20-33-28-17-13-25(14-18-28)30(24-11-15-27(32)16-12-24)29(10-5-19-31)23-7-3-2-4-8-23/h2-4,7-8,11-18,22,26,31-32H,5-6,9-10,19-21H2,1H3/b30-29-/t22?,26-/m0/s1. The molecule has 4 rings (SSSR count). The summed E-state index contributed by atoms with van der Waals surface area (Å²) in [5.41, 5.74) is 5.57. The minimum absolute atomic E-state index is 0.144. The Morgan fingerprint density at radius 3 is 2.09 bits per heavy atom. The number of hydrogen-bond acceptors (Lipinski definition) is 3. The molecule has 0 aliphatic heterocycles. The normalized spacial score (nSPS) is 18.0. The quantitative estimate of drug-likeness (QED) is 0.250. The van der Waals surface area contributed by atoms with Gasteiger partial charge in [-0.3, -0.25) is 0 Å². The van der Waals surface area contributed by atoms with Crippen LogP contribution in [0.15, 0.2) is 78.9 Å². The number of phenols is 1. The smallest absolute Gasteiger partial charge is 0.119 e. The lowest BCUT2D eigenvalue weighted by atomic mass is 9.87. The Balaban J connectivity index is 1.62. The van der Waals surface area contributed by atoms with Gasteiger partial charge in [0.2, 0.25) is 0 Å². The van der Waals surface area contributed by atoms with Crippen molar-refractivity contribution in [3.63, 3.8) is 0 Å². The van der Waals surface area contributed by atoms with E-state index in [0.717, 1.165) is 59.3 Å². The lowest BCUT2D eigenvalue weighted by Crippen LogP contribution is -1.99. The summed E-state index contributed by atoms with van der Waals surface area (Å²) in [6.07, 6.45) is 5.19. The molecule has 1 unspecified atom stereocenters. The largest absolute Gasteiger partial charge is 0.508 e. The van der Waals surface area contributed by atoms with Crippen LogP contribution in [-0.2, 0) is 0 Å². The van der Waals surface area contributed by atoms with Crippen molar-refractivity contribution in [2.45, 2.75) is 39.0 Å². The van der Waals surface area contributed by atoms with Gasteiger partial charge in [-0.05, 0) is 96.0 Å². The summed E-state index contributed by atoms with van der Waals surface area (Å²) in [6.45, 7) is 3.23. The zero-order chi connectivity index (χ0) is 23.0. The molecular weight excluding hydrogens is 408 g/mol. The van der Waals surface area contributed by atoms with Gasteiger partial charge in [0.25, 0.3) is 0 Å². The molecule has 0 bridgehead atoms. The number of phenolic OH excluding ortho intramolecular Hbond substituents is 1. The number of ether oxygens (including phenoxy) is 1. The van der Waals surface area contributed by atoms with Crippen LogP contribution in [0.25, 0.3) is 11.1 Å². The third-order valence-electron chi connectivity index (χ3n) is 6.57. The third-order valence-corrected chi connectivity index (χ3v) is 6.57. The molecule has 33 heavy (non-hydrogen) atoms. The van der Waals surface area contributed by atoms with E-state index in [2.05, 4.69) is 31.2 Å². The number of aliphatic hydroxyl groups is 1. The van der Waals surface area contributed by atoms with Gasteiger partial charge in [0.1, 0.15) is 11.5 Å². The number of hydrogen-bond donors (Lipinski definition) is 2. The molecule has 1 saturated carbocycles. The molecule has 172 valence electrons. The Labute approximate surface area is 197 Å². The van der Waals surface area contributed by atoms with Gasteiger partial charge in [0.05, 0.1) is 6.61 Å². The fourth-order valence-corrected chi connectivity index (χ4v) is 4.51. The van der Waals surface area contributed by atoms with Gasteiger partial charge in [0, 0.05) is 6.61 Å². The third kappa shape index (κ3) is 6.27. The first-order valence-corrected chi connectivity index (χ1v) is 12.1. The molecule has 1 fully saturated rings. The fraction of sp³-hybridized carbons (Fsp3) is 0.333. The van der Waals surface area contributed by atoms with E-state index in [0.29, 0.717) is 6.42 Å². The van der Waals surface area contributed by atoms with E-state index < -0.39 is 0 Å². The molecule has 3 aromatic carbocycles. The van der Waals surface area contributed by atoms with Gasteiger partial charge in [0.15, 0.2) is 0 Å². The summed E-state index contributed by atoms with van der Waals surface area (Å²) < 4.78 is 6.00.